The summed E-state index contributed by atoms with van der Waals surface area (Å²) in [4.78, 5) is 14.5. The van der Waals surface area contributed by atoms with E-state index in [-0.39, 0.29) is 11.4 Å². The van der Waals surface area contributed by atoms with Crippen molar-refractivity contribution in [1.82, 2.24) is 10.2 Å². The van der Waals surface area contributed by atoms with Gasteiger partial charge in [-0.3, -0.25) is 4.90 Å². The standard InChI is InChI=1S/C17H25F2N3O3/c1-3-8-22-9-4-5-12(22)11-20-17(23)21-14-10-13(24-2)6-7-15(14)25-16(18)19/h6-7,10,12,16H,3-5,8-9,11H2,1-2H3,(H2,20,21,23)/t12-/m0/s1. The van der Waals surface area contributed by atoms with Gasteiger partial charge in [-0.1, -0.05) is 6.92 Å². The van der Waals surface area contributed by atoms with Crippen LogP contribution in [0.3, 0.4) is 0 Å². The number of halogens is 2. The van der Waals surface area contributed by atoms with Gasteiger partial charge < -0.3 is 20.1 Å². The zero-order chi connectivity index (χ0) is 18.2. The molecule has 1 aromatic rings. The maximum absolute atomic E-state index is 12.5. The number of alkyl halides is 2. The van der Waals surface area contributed by atoms with E-state index in [0.717, 1.165) is 32.4 Å². The van der Waals surface area contributed by atoms with E-state index in [1.54, 1.807) is 0 Å². The molecule has 1 atom stereocenters. The van der Waals surface area contributed by atoms with Crippen LogP contribution in [0.15, 0.2) is 18.2 Å². The molecule has 2 rings (SSSR count). The van der Waals surface area contributed by atoms with Gasteiger partial charge in [-0.2, -0.15) is 8.78 Å². The average molecular weight is 357 g/mol. The Hall–Kier alpha value is -2.09. The molecule has 2 amide bonds. The SMILES string of the molecule is CCCN1CCC[C@H]1CNC(=O)Nc1cc(OC)ccc1OC(F)F. The van der Waals surface area contributed by atoms with E-state index >= 15 is 0 Å². The van der Waals surface area contributed by atoms with Gasteiger partial charge in [0.15, 0.2) is 0 Å². The van der Waals surface area contributed by atoms with Crippen LogP contribution < -0.4 is 20.1 Å². The molecular weight excluding hydrogens is 332 g/mol. The molecule has 1 aromatic carbocycles. The van der Waals surface area contributed by atoms with Crippen molar-refractivity contribution >= 4 is 11.7 Å². The van der Waals surface area contributed by atoms with Gasteiger partial charge in [-0.05, 0) is 44.5 Å². The number of rotatable bonds is 8. The first kappa shape index (κ1) is 19.2. The van der Waals surface area contributed by atoms with Crippen molar-refractivity contribution in [2.75, 3.05) is 32.1 Å². The number of likely N-dealkylation sites (tertiary alicyclic amines) is 1. The second-order valence-corrected chi connectivity index (χ2v) is 5.91. The summed E-state index contributed by atoms with van der Waals surface area (Å²) < 4.78 is 34.5. The molecule has 6 nitrogen and oxygen atoms in total. The lowest BCUT2D eigenvalue weighted by Crippen LogP contribution is -2.41. The van der Waals surface area contributed by atoms with E-state index in [1.807, 2.05) is 0 Å². The minimum atomic E-state index is -2.97. The molecule has 1 heterocycles. The molecule has 0 unspecified atom stereocenters. The number of nitrogens with one attached hydrogen (secondary N) is 2. The Bertz CT molecular complexity index is 572. The van der Waals surface area contributed by atoms with Crippen molar-refractivity contribution in [2.24, 2.45) is 0 Å². The van der Waals surface area contributed by atoms with Gasteiger partial charge in [0.05, 0.1) is 12.8 Å². The summed E-state index contributed by atoms with van der Waals surface area (Å²) in [6, 6.07) is 4.11. The van der Waals surface area contributed by atoms with Gasteiger partial charge in [0.25, 0.3) is 0 Å². The van der Waals surface area contributed by atoms with Crippen LogP contribution in [0.1, 0.15) is 26.2 Å². The van der Waals surface area contributed by atoms with Gasteiger partial charge in [-0.25, -0.2) is 4.79 Å². The average Bonchev–Trinajstić information content (AvgIpc) is 3.02. The van der Waals surface area contributed by atoms with Crippen molar-refractivity contribution in [3.05, 3.63) is 18.2 Å². The Morgan fingerprint density at radius 1 is 1.44 bits per heavy atom. The van der Waals surface area contributed by atoms with E-state index < -0.39 is 12.6 Å². The molecule has 0 spiro atoms. The summed E-state index contributed by atoms with van der Waals surface area (Å²) in [6.45, 7) is 1.72. The van der Waals surface area contributed by atoms with Crippen LogP contribution in [0, 0.1) is 0 Å². The molecule has 0 saturated carbocycles. The number of nitrogens with zero attached hydrogens (tertiary/aromatic N) is 1. The fourth-order valence-corrected chi connectivity index (χ4v) is 3.02. The Kier molecular flexibility index (Phi) is 7.24. The third-order valence-electron chi connectivity index (χ3n) is 4.16. The smallest absolute Gasteiger partial charge is 0.387 e. The fraction of sp³-hybridized carbons (Fsp3) is 0.588. The number of amides is 2. The minimum absolute atomic E-state index is 0.112. The molecule has 0 aromatic heterocycles. The molecule has 1 saturated heterocycles. The fourth-order valence-electron chi connectivity index (χ4n) is 3.02. The topological polar surface area (TPSA) is 62.8 Å². The molecule has 140 valence electrons. The molecule has 1 aliphatic heterocycles. The van der Waals surface area contributed by atoms with Crippen LogP contribution in [0.5, 0.6) is 11.5 Å². The van der Waals surface area contributed by atoms with E-state index in [1.165, 1.54) is 25.3 Å². The van der Waals surface area contributed by atoms with Crippen LogP contribution in [0.2, 0.25) is 0 Å². The highest BCUT2D eigenvalue weighted by atomic mass is 19.3. The third-order valence-corrected chi connectivity index (χ3v) is 4.16. The van der Waals surface area contributed by atoms with Gasteiger partial charge in [0, 0.05) is 18.7 Å². The van der Waals surface area contributed by atoms with E-state index in [2.05, 4.69) is 27.2 Å². The van der Waals surface area contributed by atoms with Crippen LogP contribution in [-0.4, -0.2) is 50.3 Å². The number of benzene rings is 1. The molecule has 1 aliphatic rings. The highest BCUT2D eigenvalue weighted by Gasteiger charge is 2.24. The van der Waals surface area contributed by atoms with Crippen molar-refractivity contribution in [1.29, 1.82) is 0 Å². The monoisotopic (exact) mass is 357 g/mol. The summed E-state index contributed by atoms with van der Waals surface area (Å²) in [5.74, 6) is 0.321. The predicted octanol–water partition coefficient (Wildman–Crippen LogP) is 3.29. The van der Waals surface area contributed by atoms with Crippen molar-refractivity contribution in [3.8, 4) is 11.5 Å². The van der Waals surface area contributed by atoms with E-state index in [4.69, 9.17) is 4.74 Å². The molecule has 0 aliphatic carbocycles. The Morgan fingerprint density at radius 2 is 2.24 bits per heavy atom. The second-order valence-electron chi connectivity index (χ2n) is 5.91. The number of hydrogen-bond acceptors (Lipinski definition) is 4. The third kappa shape index (κ3) is 5.74. The van der Waals surface area contributed by atoms with Crippen LogP contribution in [0.25, 0.3) is 0 Å². The first-order valence-corrected chi connectivity index (χ1v) is 8.45. The Labute approximate surface area is 146 Å². The summed E-state index contributed by atoms with van der Waals surface area (Å²) in [5, 5.41) is 5.36. The van der Waals surface area contributed by atoms with E-state index in [0.29, 0.717) is 18.3 Å². The zero-order valence-corrected chi connectivity index (χ0v) is 14.6. The van der Waals surface area contributed by atoms with E-state index in [9.17, 15) is 13.6 Å². The molecule has 0 radical (unpaired) electrons. The quantitative estimate of drug-likeness (QED) is 0.749. The van der Waals surface area contributed by atoms with Gasteiger partial charge >= 0.3 is 12.6 Å². The number of ether oxygens (including phenoxy) is 2. The Morgan fingerprint density at radius 3 is 2.92 bits per heavy atom. The lowest BCUT2D eigenvalue weighted by Gasteiger charge is -2.24. The van der Waals surface area contributed by atoms with Gasteiger partial charge in [0.1, 0.15) is 11.5 Å². The van der Waals surface area contributed by atoms with Crippen molar-refractivity contribution in [3.63, 3.8) is 0 Å². The second kappa shape index (κ2) is 9.41. The van der Waals surface area contributed by atoms with Crippen LogP contribution in [-0.2, 0) is 0 Å². The first-order chi connectivity index (χ1) is 12.0. The predicted molar refractivity (Wildman–Crippen MR) is 91.5 cm³/mol. The molecular formula is C17H25F2N3O3. The Balaban J connectivity index is 1.94. The summed E-state index contributed by atoms with van der Waals surface area (Å²) >= 11 is 0. The minimum Gasteiger partial charge on any atom is -0.497 e. The van der Waals surface area contributed by atoms with Gasteiger partial charge in [0.2, 0.25) is 0 Å². The number of methoxy groups -OCH3 is 1. The summed E-state index contributed by atoms with van der Waals surface area (Å²) in [5.41, 5.74) is 0.133. The van der Waals surface area contributed by atoms with Crippen LogP contribution in [0.4, 0.5) is 19.3 Å². The highest BCUT2D eigenvalue weighted by Crippen LogP contribution is 2.30. The summed E-state index contributed by atoms with van der Waals surface area (Å²) in [6.07, 6.45) is 3.23. The number of anilines is 1. The number of hydrogen-bond donors (Lipinski definition) is 2. The molecule has 0 bridgehead atoms. The molecule has 1 fully saturated rings. The lowest BCUT2D eigenvalue weighted by molar-refractivity contribution is -0.0493. The normalized spacial score (nSPS) is 17.6. The lowest BCUT2D eigenvalue weighted by atomic mass is 10.2. The van der Waals surface area contributed by atoms with Gasteiger partial charge in [-0.15, -0.1) is 0 Å². The van der Waals surface area contributed by atoms with Crippen LogP contribution >= 0.6 is 0 Å². The maximum atomic E-state index is 12.5. The molecule has 25 heavy (non-hydrogen) atoms. The molecule has 2 N–H and O–H groups in total. The number of urea groups is 1. The highest BCUT2D eigenvalue weighted by molar-refractivity contribution is 5.91. The molecule has 8 heteroatoms. The summed E-state index contributed by atoms with van der Waals surface area (Å²) in [7, 11) is 1.45. The zero-order valence-electron chi connectivity index (χ0n) is 14.6. The maximum Gasteiger partial charge on any atom is 0.387 e. The van der Waals surface area contributed by atoms with Crippen molar-refractivity contribution < 1.29 is 23.0 Å². The number of carbonyl (C=O) groups excluding carboxylic acids is 1. The first-order valence-electron chi connectivity index (χ1n) is 8.45. The number of carbonyl (C=O) groups is 1. The largest absolute Gasteiger partial charge is 0.497 e. The van der Waals surface area contributed by atoms with Crippen molar-refractivity contribution in [2.45, 2.75) is 38.8 Å².